The van der Waals surface area contributed by atoms with Crippen molar-refractivity contribution in [1.82, 2.24) is 4.98 Å². The normalized spacial score (nSPS) is 11.9. The Hall–Kier alpha value is -2.47. The van der Waals surface area contributed by atoms with Gasteiger partial charge >= 0.3 is 5.69 Å². The quantitative estimate of drug-likeness (QED) is 0.674. The van der Waals surface area contributed by atoms with E-state index in [9.17, 15) is 15.2 Å². The van der Waals surface area contributed by atoms with E-state index in [4.69, 9.17) is 4.74 Å². The summed E-state index contributed by atoms with van der Waals surface area (Å²) in [6.07, 6.45) is 0.849. The Kier molecular flexibility index (Phi) is 3.72. The van der Waals surface area contributed by atoms with Crippen molar-refractivity contribution in [3.63, 3.8) is 0 Å². The molecule has 0 aliphatic carbocycles. The van der Waals surface area contributed by atoms with E-state index >= 15 is 0 Å². The van der Waals surface area contributed by atoms with Crippen LogP contribution in [0.2, 0.25) is 0 Å². The minimum absolute atomic E-state index is 0.121. The fourth-order valence-electron chi connectivity index (χ4n) is 1.51. The Bertz CT molecular complexity index is 581. The van der Waals surface area contributed by atoms with Crippen LogP contribution in [-0.2, 0) is 0 Å². The SMILES string of the molecule is C[C@H](O)c1ccc(Oc2ccccc2[N+](=O)[O-])nc1. The van der Waals surface area contributed by atoms with Crippen LogP contribution >= 0.6 is 0 Å². The molecule has 19 heavy (non-hydrogen) atoms. The van der Waals surface area contributed by atoms with Gasteiger partial charge in [-0.15, -0.1) is 0 Å². The predicted octanol–water partition coefficient (Wildman–Crippen LogP) is 2.84. The second-order valence-corrected chi connectivity index (χ2v) is 3.93. The van der Waals surface area contributed by atoms with Gasteiger partial charge < -0.3 is 9.84 Å². The number of nitrogens with zero attached hydrogens (tertiary/aromatic N) is 2. The molecule has 1 aromatic heterocycles. The van der Waals surface area contributed by atoms with Crippen molar-refractivity contribution in [2.75, 3.05) is 0 Å². The molecule has 0 spiro atoms. The second kappa shape index (κ2) is 5.45. The van der Waals surface area contributed by atoms with Crippen LogP contribution in [0.4, 0.5) is 5.69 Å². The van der Waals surface area contributed by atoms with Crippen LogP contribution < -0.4 is 4.74 Å². The summed E-state index contributed by atoms with van der Waals surface area (Å²) in [4.78, 5) is 14.3. The van der Waals surface area contributed by atoms with E-state index in [1.165, 1.54) is 18.3 Å². The van der Waals surface area contributed by atoms with Gasteiger partial charge in [-0.25, -0.2) is 4.98 Å². The summed E-state index contributed by atoms with van der Waals surface area (Å²) in [5.41, 5.74) is 0.527. The number of ether oxygens (including phenoxy) is 1. The van der Waals surface area contributed by atoms with Crippen LogP contribution in [0.3, 0.4) is 0 Å². The summed E-state index contributed by atoms with van der Waals surface area (Å²) >= 11 is 0. The third-order valence-electron chi connectivity index (χ3n) is 2.52. The number of hydrogen-bond donors (Lipinski definition) is 1. The Morgan fingerprint density at radius 2 is 2.05 bits per heavy atom. The van der Waals surface area contributed by atoms with E-state index in [0.29, 0.717) is 5.56 Å². The lowest BCUT2D eigenvalue weighted by Crippen LogP contribution is -1.96. The van der Waals surface area contributed by atoms with Crippen LogP contribution in [0.15, 0.2) is 42.6 Å². The highest BCUT2D eigenvalue weighted by Crippen LogP contribution is 2.30. The van der Waals surface area contributed by atoms with Gasteiger partial charge in [-0.1, -0.05) is 12.1 Å². The molecular formula is C13H12N2O4. The maximum absolute atomic E-state index is 10.8. The average molecular weight is 260 g/mol. The molecule has 98 valence electrons. The molecule has 1 atom stereocenters. The molecule has 2 aromatic rings. The summed E-state index contributed by atoms with van der Waals surface area (Å²) in [5.74, 6) is 0.364. The third kappa shape index (κ3) is 3.05. The average Bonchev–Trinajstić information content (AvgIpc) is 2.39. The maximum atomic E-state index is 10.8. The molecule has 1 aromatic carbocycles. The zero-order valence-electron chi connectivity index (χ0n) is 10.2. The lowest BCUT2D eigenvalue weighted by atomic mass is 10.2. The molecule has 0 amide bonds. The number of aliphatic hydroxyl groups is 1. The van der Waals surface area contributed by atoms with Gasteiger partial charge in [-0.3, -0.25) is 10.1 Å². The minimum Gasteiger partial charge on any atom is -0.432 e. The van der Waals surface area contributed by atoms with Crippen LogP contribution in [0.5, 0.6) is 11.6 Å². The van der Waals surface area contributed by atoms with Gasteiger partial charge in [-0.05, 0) is 24.6 Å². The van der Waals surface area contributed by atoms with Gasteiger partial charge in [0.25, 0.3) is 0 Å². The molecule has 0 unspecified atom stereocenters. The number of hydrogen-bond acceptors (Lipinski definition) is 5. The van der Waals surface area contributed by atoms with E-state index in [1.54, 1.807) is 31.2 Å². The van der Waals surface area contributed by atoms with Crippen molar-refractivity contribution >= 4 is 5.69 Å². The molecule has 0 saturated heterocycles. The lowest BCUT2D eigenvalue weighted by Gasteiger charge is -2.07. The summed E-state index contributed by atoms with van der Waals surface area (Å²) < 4.78 is 5.37. The van der Waals surface area contributed by atoms with E-state index in [-0.39, 0.29) is 17.3 Å². The minimum atomic E-state index is -0.618. The number of pyridine rings is 1. The van der Waals surface area contributed by atoms with Gasteiger partial charge in [0.05, 0.1) is 11.0 Å². The van der Waals surface area contributed by atoms with Crippen molar-refractivity contribution in [2.24, 2.45) is 0 Å². The summed E-state index contributed by atoms with van der Waals surface area (Å²) in [7, 11) is 0. The number of para-hydroxylation sites is 2. The van der Waals surface area contributed by atoms with Crippen molar-refractivity contribution in [3.8, 4) is 11.6 Å². The fourth-order valence-corrected chi connectivity index (χ4v) is 1.51. The molecule has 6 nitrogen and oxygen atoms in total. The molecule has 0 fully saturated rings. The number of aliphatic hydroxyl groups excluding tert-OH is 1. The molecule has 1 N–H and O–H groups in total. The number of nitro groups is 1. The van der Waals surface area contributed by atoms with E-state index < -0.39 is 11.0 Å². The van der Waals surface area contributed by atoms with Crippen molar-refractivity contribution in [1.29, 1.82) is 0 Å². The molecule has 1 heterocycles. The number of aromatic nitrogens is 1. The van der Waals surface area contributed by atoms with Gasteiger partial charge in [0.15, 0.2) is 0 Å². The Labute approximate surface area is 109 Å². The highest BCUT2D eigenvalue weighted by Gasteiger charge is 2.14. The molecule has 2 rings (SSSR count). The molecule has 0 aliphatic rings. The van der Waals surface area contributed by atoms with Crippen LogP contribution in [-0.4, -0.2) is 15.0 Å². The van der Waals surface area contributed by atoms with Gasteiger partial charge in [0, 0.05) is 18.3 Å². The fraction of sp³-hybridized carbons (Fsp3) is 0.154. The zero-order chi connectivity index (χ0) is 13.8. The van der Waals surface area contributed by atoms with E-state index in [0.717, 1.165) is 0 Å². The Morgan fingerprint density at radius 1 is 1.32 bits per heavy atom. The molecule has 6 heteroatoms. The highest BCUT2D eigenvalue weighted by molar-refractivity contribution is 5.47. The molecule has 0 bridgehead atoms. The monoisotopic (exact) mass is 260 g/mol. The van der Waals surface area contributed by atoms with Gasteiger partial charge in [0.2, 0.25) is 11.6 Å². The van der Waals surface area contributed by atoms with Crippen LogP contribution in [0.25, 0.3) is 0 Å². The first-order valence-electron chi connectivity index (χ1n) is 5.63. The number of nitro benzene ring substituents is 1. The number of benzene rings is 1. The summed E-state index contributed by atoms with van der Waals surface area (Å²) in [6, 6.07) is 9.28. The van der Waals surface area contributed by atoms with E-state index in [2.05, 4.69) is 4.98 Å². The first kappa shape index (κ1) is 13.0. The van der Waals surface area contributed by atoms with Crippen molar-refractivity contribution in [3.05, 3.63) is 58.3 Å². The van der Waals surface area contributed by atoms with Gasteiger partial charge in [0.1, 0.15) is 0 Å². The summed E-state index contributed by atoms with van der Waals surface area (Å²) in [6.45, 7) is 1.62. The maximum Gasteiger partial charge on any atom is 0.311 e. The van der Waals surface area contributed by atoms with Crippen LogP contribution in [0, 0.1) is 10.1 Å². The highest BCUT2D eigenvalue weighted by atomic mass is 16.6. The Morgan fingerprint density at radius 3 is 2.63 bits per heavy atom. The number of rotatable bonds is 4. The topological polar surface area (TPSA) is 85.5 Å². The third-order valence-corrected chi connectivity index (χ3v) is 2.52. The first-order valence-corrected chi connectivity index (χ1v) is 5.63. The standard InChI is InChI=1S/C13H12N2O4/c1-9(16)10-6-7-13(14-8-10)19-12-5-3-2-4-11(12)15(17)18/h2-9,16H,1H3/t9-/m0/s1. The summed E-state index contributed by atoms with van der Waals surface area (Å²) in [5, 5.41) is 20.2. The van der Waals surface area contributed by atoms with E-state index in [1.807, 2.05) is 0 Å². The van der Waals surface area contributed by atoms with Crippen molar-refractivity contribution in [2.45, 2.75) is 13.0 Å². The Balaban J connectivity index is 2.24. The molecular weight excluding hydrogens is 248 g/mol. The molecule has 0 radical (unpaired) electrons. The zero-order valence-corrected chi connectivity index (χ0v) is 10.2. The lowest BCUT2D eigenvalue weighted by molar-refractivity contribution is -0.385. The van der Waals surface area contributed by atoms with Gasteiger partial charge in [-0.2, -0.15) is 0 Å². The molecule has 0 aliphatic heterocycles. The smallest absolute Gasteiger partial charge is 0.311 e. The van der Waals surface area contributed by atoms with Crippen molar-refractivity contribution < 1.29 is 14.8 Å². The predicted molar refractivity (Wildman–Crippen MR) is 68.0 cm³/mol. The molecule has 0 saturated carbocycles. The largest absolute Gasteiger partial charge is 0.432 e. The second-order valence-electron chi connectivity index (χ2n) is 3.93. The van der Waals surface area contributed by atoms with Crippen LogP contribution in [0.1, 0.15) is 18.6 Å². The first-order chi connectivity index (χ1) is 9.08.